The molecule has 0 bridgehead atoms. The molecule has 198 valence electrons. The van der Waals surface area contributed by atoms with Crippen molar-refractivity contribution >= 4 is 23.6 Å². The molecule has 12 nitrogen and oxygen atoms in total. The van der Waals surface area contributed by atoms with E-state index in [0.29, 0.717) is 19.5 Å². The second kappa shape index (κ2) is 13.5. The molecule has 0 saturated carbocycles. The van der Waals surface area contributed by atoms with Gasteiger partial charge in [0.2, 0.25) is 23.6 Å². The lowest BCUT2D eigenvalue weighted by atomic mass is 10.1. The van der Waals surface area contributed by atoms with Gasteiger partial charge in [-0.3, -0.25) is 24.1 Å². The van der Waals surface area contributed by atoms with E-state index in [1.165, 1.54) is 24.3 Å². The van der Waals surface area contributed by atoms with Gasteiger partial charge in [-0.1, -0.05) is 19.3 Å². The van der Waals surface area contributed by atoms with Crippen molar-refractivity contribution in [1.82, 2.24) is 20.3 Å². The van der Waals surface area contributed by atoms with Gasteiger partial charge in [0.05, 0.1) is 0 Å². The number of nitrogens with one attached hydrogen (secondary N) is 2. The van der Waals surface area contributed by atoms with Crippen molar-refractivity contribution in [2.24, 2.45) is 0 Å². The molecule has 2 aliphatic heterocycles. The largest absolute Gasteiger partial charge is 0.492 e. The monoisotopic (exact) mass is 506 g/mol. The Kier molecular flexibility index (Phi) is 10.2. The van der Waals surface area contributed by atoms with E-state index < -0.39 is 18.1 Å². The molecular weight excluding hydrogens is 472 g/mol. The maximum atomic E-state index is 11.9. The molecule has 12 heteroatoms. The van der Waals surface area contributed by atoms with E-state index in [4.69, 9.17) is 9.57 Å². The number of carbonyl (C=O) groups is 4. The third-order valence-corrected chi connectivity index (χ3v) is 5.90. The Balaban J connectivity index is 1.08. The van der Waals surface area contributed by atoms with Crippen molar-refractivity contribution in [3.8, 4) is 11.8 Å². The van der Waals surface area contributed by atoms with Gasteiger partial charge in [0.15, 0.2) is 0 Å². The lowest BCUT2D eigenvalue weighted by Gasteiger charge is -2.13. The lowest BCUT2D eigenvalue weighted by Crippen LogP contribution is -2.34. The Morgan fingerprint density at radius 2 is 1.44 bits per heavy atom. The highest BCUT2D eigenvalue weighted by molar-refractivity contribution is 6.13. The number of hydrogen-bond acceptors (Lipinski definition) is 8. The van der Waals surface area contributed by atoms with Crippen LogP contribution in [0.5, 0.6) is 11.8 Å². The molecule has 1 saturated heterocycles. The number of ether oxygens (including phenoxy) is 1. The molecule has 0 spiro atoms. The first-order chi connectivity index (χ1) is 17.3. The summed E-state index contributed by atoms with van der Waals surface area (Å²) in [5.41, 5.74) is 0. The molecule has 3 rings (SSSR count). The van der Waals surface area contributed by atoms with Gasteiger partial charge in [0.1, 0.15) is 6.10 Å². The zero-order valence-electron chi connectivity index (χ0n) is 20.2. The second-order valence-corrected chi connectivity index (χ2v) is 8.76. The molecule has 3 heterocycles. The van der Waals surface area contributed by atoms with Crippen LogP contribution in [-0.2, 0) is 23.9 Å². The SMILES string of the molecule is O=C(CCCCCNC(=O)CCN1C(=O)C=CC1=O)NCCCCCC1OC1On1c(O)ccc1O. The molecular formula is C24H34N4O8. The number of nitrogens with zero attached hydrogens (tertiary/aromatic N) is 2. The molecule has 2 aliphatic rings. The van der Waals surface area contributed by atoms with Gasteiger partial charge in [-0.15, -0.1) is 4.73 Å². The molecule has 2 unspecified atom stereocenters. The number of imide groups is 1. The average molecular weight is 507 g/mol. The number of rotatable bonds is 17. The van der Waals surface area contributed by atoms with Gasteiger partial charge in [-0.25, -0.2) is 0 Å². The minimum atomic E-state index is -0.481. The van der Waals surface area contributed by atoms with Crippen molar-refractivity contribution in [3.05, 3.63) is 24.3 Å². The molecule has 1 aromatic heterocycles. The summed E-state index contributed by atoms with van der Waals surface area (Å²) >= 11 is 0. The van der Waals surface area contributed by atoms with E-state index in [2.05, 4.69) is 10.6 Å². The normalized spacial score (nSPS) is 18.5. The van der Waals surface area contributed by atoms with E-state index in [1.54, 1.807) is 0 Å². The lowest BCUT2D eigenvalue weighted by molar-refractivity contribution is -0.137. The van der Waals surface area contributed by atoms with Gasteiger partial charge in [0.25, 0.3) is 18.1 Å². The Morgan fingerprint density at radius 3 is 2.08 bits per heavy atom. The van der Waals surface area contributed by atoms with Gasteiger partial charge in [-0.05, 0) is 25.7 Å². The van der Waals surface area contributed by atoms with E-state index in [-0.39, 0.29) is 42.6 Å². The first kappa shape index (κ1) is 27.1. The number of carbonyl (C=O) groups excluding carboxylic acids is 4. The molecule has 0 radical (unpaired) electrons. The number of hydrogen-bond donors (Lipinski definition) is 4. The van der Waals surface area contributed by atoms with Crippen molar-refractivity contribution in [1.29, 1.82) is 0 Å². The summed E-state index contributed by atoms with van der Waals surface area (Å²) in [5, 5.41) is 24.7. The van der Waals surface area contributed by atoms with Crippen LogP contribution in [0.25, 0.3) is 0 Å². The summed E-state index contributed by atoms with van der Waals surface area (Å²) < 4.78 is 6.31. The highest BCUT2D eigenvalue weighted by Crippen LogP contribution is 2.29. The summed E-state index contributed by atoms with van der Waals surface area (Å²) in [6, 6.07) is 2.65. The molecule has 0 aliphatic carbocycles. The van der Waals surface area contributed by atoms with E-state index in [1.807, 2.05) is 0 Å². The first-order valence-corrected chi connectivity index (χ1v) is 12.3. The molecule has 4 amide bonds. The average Bonchev–Trinajstić information content (AvgIpc) is 3.42. The topological polar surface area (TPSA) is 163 Å². The predicted molar refractivity (Wildman–Crippen MR) is 126 cm³/mol. The van der Waals surface area contributed by atoms with E-state index in [9.17, 15) is 29.4 Å². The van der Waals surface area contributed by atoms with E-state index >= 15 is 0 Å². The van der Waals surface area contributed by atoms with Crippen LogP contribution in [0.4, 0.5) is 0 Å². The summed E-state index contributed by atoms with van der Waals surface area (Å²) in [6.07, 6.45) is 8.15. The molecule has 1 fully saturated rings. The van der Waals surface area contributed by atoms with Crippen LogP contribution in [0, 0.1) is 0 Å². The Morgan fingerprint density at radius 1 is 0.861 bits per heavy atom. The maximum absolute atomic E-state index is 11.9. The number of aromatic hydroxyl groups is 2. The minimum Gasteiger partial charge on any atom is -0.492 e. The number of epoxide rings is 1. The van der Waals surface area contributed by atoms with Crippen LogP contribution >= 0.6 is 0 Å². The van der Waals surface area contributed by atoms with Crippen LogP contribution in [-0.4, -0.2) is 75.5 Å². The summed E-state index contributed by atoms with van der Waals surface area (Å²) in [7, 11) is 0. The third kappa shape index (κ3) is 8.59. The third-order valence-electron chi connectivity index (χ3n) is 5.90. The van der Waals surface area contributed by atoms with Crippen molar-refractivity contribution in [2.45, 2.75) is 70.2 Å². The van der Waals surface area contributed by atoms with Crippen LogP contribution in [0.2, 0.25) is 0 Å². The number of amides is 4. The van der Waals surface area contributed by atoms with Crippen molar-refractivity contribution in [2.75, 3.05) is 19.6 Å². The first-order valence-electron chi connectivity index (χ1n) is 12.3. The number of aromatic nitrogens is 1. The van der Waals surface area contributed by atoms with Gasteiger partial charge < -0.3 is 30.4 Å². The zero-order valence-corrected chi connectivity index (χ0v) is 20.2. The molecule has 0 aromatic carbocycles. The van der Waals surface area contributed by atoms with Crippen LogP contribution < -0.4 is 15.5 Å². The Labute approximate surface area is 209 Å². The van der Waals surface area contributed by atoms with Gasteiger partial charge in [-0.2, -0.15) is 0 Å². The second-order valence-electron chi connectivity index (χ2n) is 8.76. The molecule has 1 aromatic rings. The Hall–Kier alpha value is -3.54. The van der Waals surface area contributed by atoms with Crippen LogP contribution in [0.15, 0.2) is 24.3 Å². The predicted octanol–water partition coefficient (Wildman–Crippen LogP) is 0.721. The Bertz CT molecular complexity index is 922. The van der Waals surface area contributed by atoms with Crippen molar-refractivity contribution in [3.63, 3.8) is 0 Å². The van der Waals surface area contributed by atoms with Gasteiger partial charge >= 0.3 is 0 Å². The standard InChI is InChI=1S/C24H34N4O8/c29-18(8-4-2-6-15-26-19(30)13-16-27-20(31)9-10-21(27)32)25-14-5-1-3-7-17-24(35-17)36-28-22(33)11-12-23(28)34/h9-12,17,24,33-34H,1-8,13-16H2,(H,25,29)(H,26,30). The smallest absolute Gasteiger partial charge is 0.253 e. The molecule has 36 heavy (non-hydrogen) atoms. The minimum absolute atomic E-state index is 0.0120. The van der Waals surface area contributed by atoms with Gasteiger partial charge in [0, 0.05) is 56.8 Å². The maximum Gasteiger partial charge on any atom is 0.253 e. The molecule has 4 N–H and O–H groups in total. The van der Waals surface area contributed by atoms with E-state index in [0.717, 1.165) is 54.6 Å². The van der Waals surface area contributed by atoms with Crippen LogP contribution in [0.1, 0.15) is 57.8 Å². The summed E-state index contributed by atoms with van der Waals surface area (Å²) in [6.45, 7) is 1.18. The summed E-state index contributed by atoms with van der Waals surface area (Å²) in [5.74, 6) is -1.36. The quantitative estimate of drug-likeness (QED) is 0.136. The zero-order chi connectivity index (χ0) is 25.9. The van der Waals surface area contributed by atoms with Crippen molar-refractivity contribution < 1.29 is 39.0 Å². The highest BCUT2D eigenvalue weighted by atomic mass is 16.8. The summed E-state index contributed by atoms with van der Waals surface area (Å²) in [4.78, 5) is 53.0. The highest BCUT2D eigenvalue weighted by Gasteiger charge is 2.42. The fraction of sp³-hybridized carbons (Fsp3) is 0.583. The fourth-order valence-corrected chi connectivity index (χ4v) is 3.77. The number of unbranched alkanes of at least 4 members (excludes halogenated alkanes) is 4. The molecule has 2 atom stereocenters. The van der Waals surface area contributed by atoms with Crippen LogP contribution in [0.3, 0.4) is 0 Å². The fourth-order valence-electron chi connectivity index (χ4n) is 3.77.